The lowest BCUT2D eigenvalue weighted by Gasteiger charge is -2.15. The fourth-order valence-corrected chi connectivity index (χ4v) is 8.13. The molecule has 5 nitrogen and oxygen atoms in total. The Hall–Kier alpha value is -5.98. The third-order valence-corrected chi connectivity index (χ3v) is 10.4. The van der Waals surface area contributed by atoms with Gasteiger partial charge < -0.3 is 9.73 Å². The minimum absolute atomic E-state index is 0.0389. The summed E-state index contributed by atoms with van der Waals surface area (Å²) in [5, 5.41) is 10.5. The van der Waals surface area contributed by atoms with Gasteiger partial charge in [-0.15, -0.1) is 0 Å². The zero-order chi connectivity index (χ0) is 31.6. The number of aromatic nitrogens is 3. The molecule has 48 heavy (non-hydrogen) atoms. The number of nitrogens with one attached hydrogen (secondary N) is 1. The second kappa shape index (κ2) is 10.8. The molecule has 6 heteroatoms. The normalized spacial score (nSPS) is 14.1. The number of hydrogen-bond donors (Lipinski definition) is 1. The lowest BCUT2D eigenvalue weighted by atomic mass is 9.96. The molecule has 0 bridgehead atoms. The van der Waals surface area contributed by atoms with Gasteiger partial charge in [-0.1, -0.05) is 139 Å². The van der Waals surface area contributed by atoms with Crippen molar-refractivity contribution in [2.24, 2.45) is 0 Å². The lowest BCUT2D eigenvalue weighted by molar-refractivity contribution is 0.668. The van der Waals surface area contributed by atoms with E-state index in [0.717, 1.165) is 60.0 Å². The van der Waals surface area contributed by atoms with E-state index in [1.165, 1.54) is 16.3 Å². The highest BCUT2D eigenvalue weighted by Gasteiger charge is 2.31. The largest absolute Gasteiger partial charge is 0.456 e. The summed E-state index contributed by atoms with van der Waals surface area (Å²) in [6, 6.07) is 50.3. The van der Waals surface area contributed by atoms with Gasteiger partial charge in [0.15, 0.2) is 17.5 Å². The van der Waals surface area contributed by atoms with Gasteiger partial charge in [-0.05, 0) is 45.3 Å². The molecule has 0 saturated heterocycles. The van der Waals surface area contributed by atoms with Gasteiger partial charge >= 0.3 is 0 Å². The van der Waals surface area contributed by atoms with Gasteiger partial charge in [-0.3, -0.25) is 0 Å². The summed E-state index contributed by atoms with van der Waals surface area (Å²) in [6.45, 7) is 0. The van der Waals surface area contributed by atoms with Crippen molar-refractivity contribution >= 4 is 60.9 Å². The zero-order valence-electron chi connectivity index (χ0n) is 25.6. The van der Waals surface area contributed by atoms with Crippen LogP contribution in [0.4, 0.5) is 5.69 Å². The number of anilines is 1. The maximum Gasteiger partial charge on any atom is 0.166 e. The van der Waals surface area contributed by atoms with Gasteiger partial charge in [-0.2, -0.15) is 0 Å². The van der Waals surface area contributed by atoms with Crippen molar-refractivity contribution in [3.05, 3.63) is 151 Å². The van der Waals surface area contributed by atoms with Crippen molar-refractivity contribution in [1.29, 1.82) is 0 Å². The van der Waals surface area contributed by atoms with Crippen LogP contribution in [0.1, 0.15) is 10.9 Å². The summed E-state index contributed by atoms with van der Waals surface area (Å²) in [4.78, 5) is 16.9. The van der Waals surface area contributed by atoms with Crippen LogP contribution in [0.2, 0.25) is 0 Å². The maximum absolute atomic E-state index is 6.50. The van der Waals surface area contributed by atoms with E-state index in [1.54, 1.807) is 11.8 Å². The van der Waals surface area contributed by atoms with Crippen molar-refractivity contribution in [2.75, 3.05) is 5.32 Å². The van der Waals surface area contributed by atoms with Crippen LogP contribution in [-0.2, 0) is 0 Å². The van der Waals surface area contributed by atoms with Crippen LogP contribution in [0.5, 0.6) is 0 Å². The van der Waals surface area contributed by atoms with E-state index in [-0.39, 0.29) is 5.37 Å². The van der Waals surface area contributed by atoms with Gasteiger partial charge in [0.25, 0.3) is 0 Å². The second-order valence-electron chi connectivity index (χ2n) is 12.0. The number of furan rings is 1. The fourth-order valence-electron chi connectivity index (χ4n) is 6.95. The number of benzene rings is 7. The monoisotopic (exact) mass is 634 g/mol. The smallest absolute Gasteiger partial charge is 0.166 e. The molecule has 1 N–H and O–H groups in total. The number of thioether (sulfide) groups is 1. The van der Waals surface area contributed by atoms with E-state index in [1.807, 2.05) is 30.3 Å². The first-order valence-electron chi connectivity index (χ1n) is 16.0. The molecule has 3 heterocycles. The first-order valence-corrected chi connectivity index (χ1v) is 16.9. The molecular formula is C42H26N4OS. The summed E-state index contributed by atoms with van der Waals surface area (Å²) in [7, 11) is 0. The Morgan fingerprint density at radius 3 is 2.02 bits per heavy atom. The van der Waals surface area contributed by atoms with E-state index in [2.05, 4.69) is 121 Å². The molecule has 0 saturated carbocycles. The number of nitrogens with zero attached hydrogens (tertiary/aromatic N) is 3. The molecule has 0 aliphatic carbocycles. The van der Waals surface area contributed by atoms with E-state index >= 15 is 0 Å². The number of para-hydroxylation sites is 1. The van der Waals surface area contributed by atoms with Gasteiger partial charge in [0.1, 0.15) is 16.5 Å². The van der Waals surface area contributed by atoms with Crippen molar-refractivity contribution in [1.82, 2.24) is 15.0 Å². The van der Waals surface area contributed by atoms with E-state index < -0.39 is 0 Å². The van der Waals surface area contributed by atoms with Gasteiger partial charge in [-0.25, -0.2) is 15.0 Å². The number of rotatable bonds is 4. The van der Waals surface area contributed by atoms with Gasteiger partial charge in [0.2, 0.25) is 0 Å². The molecule has 2 aromatic heterocycles. The van der Waals surface area contributed by atoms with Crippen molar-refractivity contribution in [2.45, 2.75) is 10.3 Å². The summed E-state index contributed by atoms with van der Waals surface area (Å²) >= 11 is 1.78. The first-order chi connectivity index (χ1) is 23.8. The molecule has 0 amide bonds. The van der Waals surface area contributed by atoms with Crippen LogP contribution < -0.4 is 5.32 Å². The third kappa shape index (κ3) is 4.30. The molecular weight excluding hydrogens is 609 g/mol. The lowest BCUT2D eigenvalue weighted by Crippen LogP contribution is -2.05. The van der Waals surface area contributed by atoms with Crippen LogP contribution in [0, 0.1) is 0 Å². The highest BCUT2D eigenvalue weighted by molar-refractivity contribution is 8.00. The first kappa shape index (κ1) is 27.2. The molecule has 10 rings (SSSR count). The SMILES string of the molecule is c1ccc(-c2nc(-c3cc4ccccc4c4ccccc34)nc(-c3c4c(cc5oc6ccccc6c35)SC(c3ccccc3)N4)n2)cc1. The topological polar surface area (TPSA) is 63.8 Å². The van der Waals surface area contributed by atoms with E-state index in [9.17, 15) is 0 Å². The fraction of sp³-hybridized carbons (Fsp3) is 0.0238. The molecule has 1 aliphatic heterocycles. The maximum atomic E-state index is 6.50. The predicted molar refractivity (Wildman–Crippen MR) is 197 cm³/mol. The van der Waals surface area contributed by atoms with E-state index in [0.29, 0.717) is 17.5 Å². The van der Waals surface area contributed by atoms with Crippen molar-refractivity contribution < 1.29 is 4.42 Å². The summed E-state index contributed by atoms with van der Waals surface area (Å²) in [5.74, 6) is 1.85. The van der Waals surface area contributed by atoms with Crippen LogP contribution in [0.25, 0.3) is 77.6 Å². The Balaban J connectivity index is 1.29. The molecule has 1 unspecified atom stereocenters. The van der Waals surface area contributed by atoms with E-state index in [4.69, 9.17) is 19.4 Å². The standard InChI is InChI=1S/C42H26N4OS/c1-3-13-25(14-4-1)39-44-40(32-23-27-17-7-8-18-28(27)29-19-9-10-20-30(29)32)46-41(45-39)37-36-31-21-11-12-22-33(31)47-34(36)24-35-38(37)43-42(48-35)26-15-5-2-6-16-26/h1-24,42-43H. The Labute approximate surface area is 280 Å². The summed E-state index contributed by atoms with van der Waals surface area (Å²) in [5.41, 5.74) is 6.67. The minimum Gasteiger partial charge on any atom is -0.456 e. The van der Waals surface area contributed by atoms with Crippen LogP contribution in [0.15, 0.2) is 155 Å². The van der Waals surface area contributed by atoms with Gasteiger partial charge in [0, 0.05) is 26.8 Å². The third-order valence-electron chi connectivity index (χ3n) is 9.15. The Morgan fingerprint density at radius 2 is 1.19 bits per heavy atom. The Bertz CT molecular complexity index is 2690. The molecule has 0 fully saturated rings. The second-order valence-corrected chi connectivity index (χ2v) is 13.2. The van der Waals surface area contributed by atoms with Crippen molar-refractivity contribution in [3.8, 4) is 34.2 Å². The number of hydrogen-bond acceptors (Lipinski definition) is 6. The Kier molecular flexibility index (Phi) is 6.11. The van der Waals surface area contributed by atoms with Gasteiger partial charge in [0.05, 0.1) is 11.3 Å². The van der Waals surface area contributed by atoms with Crippen LogP contribution in [-0.4, -0.2) is 15.0 Å². The minimum atomic E-state index is 0.0389. The average Bonchev–Trinajstić information content (AvgIpc) is 3.75. The molecule has 0 radical (unpaired) electrons. The molecule has 1 atom stereocenters. The molecule has 226 valence electrons. The number of fused-ring (bicyclic) bond motifs is 7. The molecule has 1 aliphatic rings. The highest BCUT2D eigenvalue weighted by Crippen LogP contribution is 2.54. The zero-order valence-corrected chi connectivity index (χ0v) is 26.4. The summed E-state index contributed by atoms with van der Waals surface area (Å²) in [6.07, 6.45) is 0. The average molecular weight is 635 g/mol. The molecule has 0 spiro atoms. The van der Waals surface area contributed by atoms with Crippen molar-refractivity contribution in [3.63, 3.8) is 0 Å². The predicted octanol–water partition coefficient (Wildman–Crippen LogP) is 11.3. The highest BCUT2D eigenvalue weighted by atomic mass is 32.2. The Morgan fingerprint density at radius 1 is 0.542 bits per heavy atom. The van der Waals surface area contributed by atoms with Crippen LogP contribution in [0.3, 0.4) is 0 Å². The quantitative estimate of drug-likeness (QED) is 0.194. The molecule has 9 aromatic rings. The molecule has 7 aromatic carbocycles. The van der Waals surface area contributed by atoms with Crippen LogP contribution >= 0.6 is 11.8 Å². The summed E-state index contributed by atoms with van der Waals surface area (Å²) < 4.78 is 6.50.